The number of amides is 1. The van der Waals surface area contributed by atoms with Gasteiger partial charge in [0.05, 0.1) is 5.92 Å². The van der Waals surface area contributed by atoms with Crippen LogP contribution in [0, 0.1) is 5.92 Å². The summed E-state index contributed by atoms with van der Waals surface area (Å²) in [5.41, 5.74) is 5.17. The van der Waals surface area contributed by atoms with Crippen LogP contribution in [0.1, 0.15) is 6.42 Å². The van der Waals surface area contributed by atoms with Crippen LogP contribution >= 0.6 is 11.6 Å². The minimum atomic E-state index is -3.62. The van der Waals surface area contributed by atoms with E-state index in [4.69, 9.17) is 17.3 Å². The van der Waals surface area contributed by atoms with Crippen molar-refractivity contribution in [1.82, 2.24) is 9.29 Å². The molecule has 6 nitrogen and oxygen atoms in total. The largest absolute Gasteiger partial charge is 0.369 e. The van der Waals surface area contributed by atoms with Crippen LogP contribution in [-0.4, -0.2) is 36.7 Å². The summed E-state index contributed by atoms with van der Waals surface area (Å²) in [6.45, 7) is 0.416. The van der Waals surface area contributed by atoms with Crippen molar-refractivity contribution in [2.24, 2.45) is 11.7 Å². The SMILES string of the molecule is NC(=O)[C@@H]1CCN(S(=O)(=O)c2ccc(Cl)nc2)C1. The van der Waals surface area contributed by atoms with Gasteiger partial charge in [0.25, 0.3) is 0 Å². The predicted molar refractivity (Wildman–Crippen MR) is 65.3 cm³/mol. The number of aromatic nitrogens is 1. The fourth-order valence-electron chi connectivity index (χ4n) is 1.84. The number of rotatable bonds is 3. The van der Waals surface area contributed by atoms with Gasteiger partial charge in [-0.2, -0.15) is 4.31 Å². The van der Waals surface area contributed by atoms with Gasteiger partial charge in [0.2, 0.25) is 15.9 Å². The Morgan fingerprint density at radius 2 is 2.22 bits per heavy atom. The molecule has 0 spiro atoms. The smallest absolute Gasteiger partial charge is 0.244 e. The Hall–Kier alpha value is -1.18. The highest BCUT2D eigenvalue weighted by Gasteiger charge is 2.34. The number of sulfonamides is 1. The van der Waals surface area contributed by atoms with E-state index in [0.717, 1.165) is 0 Å². The van der Waals surface area contributed by atoms with Crippen LogP contribution in [0.3, 0.4) is 0 Å². The summed E-state index contributed by atoms with van der Waals surface area (Å²) in [5.74, 6) is -0.887. The lowest BCUT2D eigenvalue weighted by Crippen LogP contribution is -2.31. The molecule has 1 atom stereocenters. The highest BCUT2D eigenvalue weighted by atomic mass is 35.5. The normalized spacial score (nSPS) is 21.1. The third kappa shape index (κ3) is 2.47. The summed E-state index contributed by atoms with van der Waals surface area (Å²) >= 11 is 5.61. The van der Waals surface area contributed by atoms with Gasteiger partial charge in [-0.05, 0) is 18.6 Å². The fourth-order valence-corrected chi connectivity index (χ4v) is 3.40. The summed E-state index contributed by atoms with van der Waals surface area (Å²) < 4.78 is 25.7. The number of primary amides is 1. The van der Waals surface area contributed by atoms with Crippen LogP contribution in [0.5, 0.6) is 0 Å². The van der Waals surface area contributed by atoms with Crippen molar-refractivity contribution in [3.05, 3.63) is 23.5 Å². The second-order valence-electron chi connectivity index (χ2n) is 4.07. The Balaban J connectivity index is 2.22. The molecule has 2 rings (SSSR count). The zero-order valence-electron chi connectivity index (χ0n) is 9.41. The first-order valence-corrected chi connectivity index (χ1v) is 7.14. The zero-order valence-corrected chi connectivity index (χ0v) is 11.0. The minimum Gasteiger partial charge on any atom is -0.369 e. The monoisotopic (exact) mass is 289 g/mol. The highest BCUT2D eigenvalue weighted by Crippen LogP contribution is 2.24. The molecule has 0 bridgehead atoms. The van der Waals surface area contributed by atoms with E-state index in [2.05, 4.69) is 4.98 Å². The van der Waals surface area contributed by atoms with Crippen LogP contribution < -0.4 is 5.73 Å². The lowest BCUT2D eigenvalue weighted by Gasteiger charge is -2.15. The van der Waals surface area contributed by atoms with Crippen molar-refractivity contribution in [1.29, 1.82) is 0 Å². The van der Waals surface area contributed by atoms with Gasteiger partial charge >= 0.3 is 0 Å². The first kappa shape index (κ1) is 13.3. The molecular formula is C10H12ClN3O3S. The standard InChI is InChI=1S/C10H12ClN3O3S/c11-9-2-1-8(5-13-9)18(16,17)14-4-3-7(6-14)10(12)15/h1-2,5,7H,3-4,6H2,(H2,12,15)/t7-/m1/s1. The molecule has 0 unspecified atom stereocenters. The van der Waals surface area contributed by atoms with E-state index in [-0.39, 0.29) is 16.6 Å². The van der Waals surface area contributed by atoms with Crippen LogP contribution in [-0.2, 0) is 14.8 Å². The van der Waals surface area contributed by atoms with Gasteiger partial charge in [0.15, 0.2) is 0 Å². The topological polar surface area (TPSA) is 93.4 Å². The summed E-state index contributed by atoms with van der Waals surface area (Å²) in [5, 5.41) is 0.227. The van der Waals surface area contributed by atoms with Gasteiger partial charge in [-0.3, -0.25) is 4.79 Å². The zero-order chi connectivity index (χ0) is 13.3. The van der Waals surface area contributed by atoms with E-state index in [9.17, 15) is 13.2 Å². The molecular weight excluding hydrogens is 278 g/mol. The number of carbonyl (C=O) groups excluding carboxylic acids is 1. The molecule has 1 aromatic heterocycles. The van der Waals surface area contributed by atoms with E-state index in [1.165, 1.54) is 22.6 Å². The van der Waals surface area contributed by atoms with E-state index in [1.54, 1.807) is 0 Å². The number of pyridine rings is 1. The van der Waals surface area contributed by atoms with E-state index in [1.807, 2.05) is 0 Å². The van der Waals surface area contributed by atoms with Crippen molar-refractivity contribution in [2.45, 2.75) is 11.3 Å². The molecule has 1 fully saturated rings. The van der Waals surface area contributed by atoms with Gasteiger partial charge in [-0.15, -0.1) is 0 Å². The molecule has 0 saturated carbocycles. The molecule has 18 heavy (non-hydrogen) atoms. The summed E-state index contributed by atoms with van der Waals surface area (Å²) in [4.78, 5) is 14.8. The average Bonchev–Trinajstić information content (AvgIpc) is 2.79. The third-order valence-corrected chi connectivity index (χ3v) is 4.96. The lowest BCUT2D eigenvalue weighted by atomic mass is 10.1. The number of halogens is 1. The Bertz CT molecular complexity index is 558. The maximum Gasteiger partial charge on any atom is 0.244 e. The van der Waals surface area contributed by atoms with Crippen molar-refractivity contribution < 1.29 is 13.2 Å². The Labute approximate surface area is 110 Å². The van der Waals surface area contributed by atoms with Crippen LogP contribution in [0.4, 0.5) is 0 Å². The molecule has 2 heterocycles. The average molecular weight is 290 g/mol. The van der Waals surface area contributed by atoms with Crippen molar-refractivity contribution in [2.75, 3.05) is 13.1 Å². The maximum absolute atomic E-state index is 12.2. The Kier molecular flexibility index (Phi) is 3.56. The molecule has 0 aromatic carbocycles. The molecule has 1 amide bonds. The van der Waals surface area contributed by atoms with E-state index >= 15 is 0 Å². The fraction of sp³-hybridized carbons (Fsp3) is 0.400. The molecule has 0 radical (unpaired) electrons. The van der Waals surface area contributed by atoms with Gasteiger partial charge in [0, 0.05) is 19.3 Å². The Morgan fingerprint density at radius 3 is 2.72 bits per heavy atom. The second-order valence-corrected chi connectivity index (χ2v) is 6.39. The highest BCUT2D eigenvalue weighted by molar-refractivity contribution is 7.89. The molecule has 0 aliphatic carbocycles. The molecule has 98 valence electrons. The van der Waals surface area contributed by atoms with Crippen molar-refractivity contribution in [3.63, 3.8) is 0 Å². The third-order valence-electron chi connectivity index (χ3n) is 2.89. The number of hydrogen-bond acceptors (Lipinski definition) is 4. The number of nitrogens with two attached hydrogens (primary N) is 1. The molecule has 1 aliphatic heterocycles. The summed E-state index contributed by atoms with van der Waals surface area (Å²) in [6, 6.07) is 2.80. The molecule has 8 heteroatoms. The van der Waals surface area contributed by atoms with Gasteiger partial charge < -0.3 is 5.73 Å². The second kappa shape index (κ2) is 4.83. The lowest BCUT2D eigenvalue weighted by molar-refractivity contribution is -0.121. The number of nitrogens with zero attached hydrogens (tertiary/aromatic N) is 2. The van der Waals surface area contributed by atoms with E-state index < -0.39 is 21.8 Å². The first-order valence-electron chi connectivity index (χ1n) is 5.32. The van der Waals surface area contributed by atoms with E-state index in [0.29, 0.717) is 13.0 Å². The van der Waals surface area contributed by atoms with Gasteiger partial charge in [-0.25, -0.2) is 13.4 Å². The van der Waals surface area contributed by atoms with Gasteiger partial charge in [-0.1, -0.05) is 11.6 Å². The van der Waals surface area contributed by atoms with Crippen LogP contribution in [0.2, 0.25) is 5.15 Å². The number of carbonyl (C=O) groups is 1. The molecule has 2 N–H and O–H groups in total. The predicted octanol–water partition coefficient (Wildman–Crippen LogP) is 0.231. The van der Waals surface area contributed by atoms with Gasteiger partial charge in [0.1, 0.15) is 10.0 Å². The molecule has 1 aliphatic rings. The quantitative estimate of drug-likeness (QED) is 0.806. The summed E-state index contributed by atoms with van der Waals surface area (Å²) in [7, 11) is -3.62. The van der Waals surface area contributed by atoms with Crippen molar-refractivity contribution >= 4 is 27.5 Å². The minimum absolute atomic E-state index is 0.0667. The Morgan fingerprint density at radius 1 is 1.50 bits per heavy atom. The summed E-state index contributed by atoms with van der Waals surface area (Å²) in [6.07, 6.45) is 1.66. The first-order chi connectivity index (χ1) is 8.41. The number of hydrogen-bond donors (Lipinski definition) is 1. The van der Waals surface area contributed by atoms with Crippen LogP contribution in [0.25, 0.3) is 0 Å². The maximum atomic E-state index is 12.2. The molecule has 1 aromatic rings. The molecule has 1 saturated heterocycles. The van der Waals surface area contributed by atoms with Crippen LogP contribution in [0.15, 0.2) is 23.2 Å². The van der Waals surface area contributed by atoms with Crippen molar-refractivity contribution in [3.8, 4) is 0 Å².